The molecule has 0 saturated heterocycles. The number of carbonyl (C=O) groups is 2. The van der Waals surface area contributed by atoms with Crippen molar-refractivity contribution in [3.8, 4) is 0 Å². The molecular formula is C12H22N2O2. The fraction of sp³-hybridized carbons (Fsp3) is 0.667. The van der Waals surface area contributed by atoms with Crippen LogP contribution in [0.4, 0.5) is 0 Å². The standard InChI is InChI=1S/C12H22N2O2/c1-4-6-7-8-13-12(16)10-14(9-5-2)11(3)15/h5H,2,4,6-10H2,1,3H3,(H,13,16). The molecule has 0 spiro atoms. The first-order valence-electron chi connectivity index (χ1n) is 5.75. The lowest BCUT2D eigenvalue weighted by Crippen LogP contribution is -2.40. The van der Waals surface area contributed by atoms with Gasteiger partial charge in [-0.3, -0.25) is 9.59 Å². The molecule has 0 rings (SSSR count). The van der Waals surface area contributed by atoms with Gasteiger partial charge in [0.2, 0.25) is 11.8 Å². The molecular weight excluding hydrogens is 204 g/mol. The maximum atomic E-state index is 11.5. The van der Waals surface area contributed by atoms with Gasteiger partial charge in [-0.2, -0.15) is 0 Å². The van der Waals surface area contributed by atoms with Crippen LogP contribution in [0, 0.1) is 0 Å². The Bertz CT molecular complexity index is 239. The molecule has 0 aliphatic heterocycles. The molecule has 0 bridgehead atoms. The zero-order valence-corrected chi connectivity index (χ0v) is 10.3. The Kier molecular flexibility index (Phi) is 8.21. The lowest BCUT2D eigenvalue weighted by molar-refractivity contribution is -0.133. The normalized spacial score (nSPS) is 9.62. The van der Waals surface area contributed by atoms with E-state index in [0.717, 1.165) is 19.3 Å². The summed E-state index contributed by atoms with van der Waals surface area (Å²) in [6.07, 6.45) is 4.85. The molecule has 16 heavy (non-hydrogen) atoms. The van der Waals surface area contributed by atoms with Crippen LogP contribution in [0.15, 0.2) is 12.7 Å². The molecule has 0 aliphatic rings. The van der Waals surface area contributed by atoms with E-state index in [1.807, 2.05) is 0 Å². The van der Waals surface area contributed by atoms with Crippen LogP contribution in [-0.2, 0) is 9.59 Å². The van der Waals surface area contributed by atoms with Crippen molar-refractivity contribution in [1.82, 2.24) is 10.2 Å². The van der Waals surface area contributed by atoms with Crippen LogP contribution in [0.3, 0.4) is 0 Å². The van der Waals surface area contributed by atoms with Gasteiger partial charge in [0.1, 0.15) is 0 Å². The highest BCUT2D eigenvalue weighted by Crippen LogP contribution is 1.92. The van der Waals surface area contributed by atoms with Gasteiger partial charge in [-0.25, -0.2) is 0 Å². The largest absolute Gasteiger partial charge is 0.355 e. The highest BCUT2D eigenvalue weighted by Gasteiger charge is 2.11. The summed E-state index contributed by atoms with van der Waals surface area (Å²) in [5, 5.41) is 2.79. The van der Waals surface area contributed by atoms with Crippen LogP contribution in [0.1, 0.15) is 33.1 Å². The molecule has 1 N–H and O–H groups in total. The molecule has 0 aromatic carbocycles. The number of rotatable bonds is 8. The Morgan fingerprint density at radius 1 is 1.38 bits per heavy atom. The van der Waals surface area contributed by atoms with Crippen molar-refractivity contribution in [1.29, 1.82) is 0 Å². The SMILES string of the molecule is C=CCN(CC(=O)NCCCCC)C(C)=O. The van der Waals surface area contributed by atoms with E-state index < -0.39 is 0 Å². The van der Waals surface area contributed by atoms with Crippen LogP contribution in [0.25, 0.3) is 0 Å². The number of nitrogens with zero attached hydrogens (tertiary/aromatic N) is 1. The highest BCUT2D eigenvalue weighted by molar-refractivity contribution is 5.83. The van der Waals surface area contributed by atoms with E-state index in [1.165, 1.54) is 11.8 Å². The molecule has 0 aromatic heterocycles. The third kappa shape index (κ3) is 7.04. The minimum absolute atomic E-state index is 0.104. The van der Waals surface area contributed by atoms with Gasteiger partial charge in [0, 0.05) is 20.0 Å². The van der Waals surface area contributed by atoms with Gasteiger partial charge in [-0.05, 0) is 6.42 Å². The van der Waals surface area contributed by atoms with E-state index >= 15 is 0 Å². The molecule has 0 fully saturated rings. The number of unbranched alkanes of at least 4 members (excludes halogenated alkanes) is 2. The minimum atomic E-state index is -0.108. The van der Waals surface area contributed by atoms with E-state index in [-0.39, 0.29) is 18.4 Å². The average molecular weight is 226 g/mol. The average Bonchev–Trinajstić information content (AvgIpc) is 2.23. The van der Waals surface area contributed by atoms with Crippen molar-refractivity contribution < 1.29 is 9.59 Å². The smallest absolute Gasteiger partial charge is 0.239 e. The summed E-state index contributed by atoms with van der Waals surface area (Å²) < 4.78 is 0. The van der Waals surface area contributed by atoms with Crippen molar-refractivity contribution >= 4 is 11.8 Å². The van der Waals surface area contributed by atoms with Crippen LogP contribution in [0.5, 0.6) is 0 Å². The number of hydrogen-bond donors (Lipinski definition) is 1. The Labute approximate surface area is 97.7 Å². The topological polar surface area (TPSA) is 49.4 Å². The van der Waals surface area contributed by atoms with Crippen LogP contribution in [-0.4, -0.2) is 36.3 Å². The number of amides is 2. The monoisotopic (exact) mass is 226 g/mol. The fourth-order valence-electron chi connectivity index (χ4n) is 1.29. The summed E-state index contributed by atoms with van der Waals surface area (Å²) in [5.74, 6) is -0.211. The van der Waals surface area contributed by atoms with E-state index in [9.17, 15) is 9.59 Å². The van der Waals surface area contributed by atoms with Crippen LogP contribution >= 0.6 is 0 Å². The van der Waals surface area contributed by atoms with E-state index in [4.69, 9.17) is 0 Å². The van der Waals surface area contributed by atoms with E-state index in [1.54, 1.807) is 6.08 Å². The van der Waals surface area contributed by atoms with E-state index in [2.05, 4.69) is 18.8 Å². The quantitative estimate of drug-likeness (QED) is 0.501. The van der Waals surface area contributed by atoms with Crippen molar-refractivity contribution in [2.75, 3.05) is 19.6 Å². The zero-order valence-electron chi connectivity index (χ0n) is 10.3. The minimum Gasteiger partial charge on any atom is -0.355 e. The molecule has 0 atom stereocenters. The summed E-state index contributed by atoms with van der Waals surface area (Å²) in [6.45, 7) is 8.34. The van der Waals surface area contributed by atoms with Gasteiger partial charge in [0.15, 0.2) is 0 Å². The van der Waals surface area contributed by atoms with Crippen LogP contribution < -0.4 is 5.32 Å². The fourth-order valence-corrected chi connectivity index (χ4v) is 1.29. The molecule has 0 unspecified atom stereocenters. The Morgan fingerprint density at radius 2 is 2.06 bits per heavy atom. The predicted octanol–water partition coefficient (Wildman–Crippen LogP) is 1.33. The molecule has 4 nitrogen and oxygen atoms in total. The second-order valence-corrected chi connectivity index (χ2v) is 3.75. The third-order valence-electron chi connectivity index (χ3n) is 2.23. The summed E-state index contributed by atoms with van der Waals surface area (Å²) in [6, 6.07) is 0. The maximum Gasteiger partial charge on any atom is 0.239 e. The van der Waals surface area contributed by atoms with Crippen molar-refractivity contribution in [2.45, 2.75) is 33.1 Å². The maximum absolute atomic E-state index is 11.5. The van der Waals surface area contributed by atoms with Gasteiger partial charge in [-0.15, -0.1) is 6.58 Å². The summed E-state index contributed by atoms with van der Waals surface area (Å²) in [4.78, 5) is 24.1. The molecule has 0 radical (unpaired) electrons. The van der Waals surface area contributed by atoms with Gasteiger partial charge in [0.05, 0.1) is 6.54 Å². The van der Waals surface area contributed by atoms with E-state index in [0.29, 0.717) is 13.1 Å². The molecule has 2 amide bonds. The van der Waals surface area contributed by atoms with Gasteiger partial charge in [0.25, 0.3) is 0 Å². The number of carbonyl (C=O) groups excluding carboxylic acids is 2. The third-order valence-corrected chi connectivity index (χ3v) is 2.23. The van der Waals surface area contributed by atoms with Crippen molar-refractivity contribution in [3.63, 3.8) is 0 Å². The Balaban J connectivity index is 3.81. The van der Waals surface area contributed by atoms with Crippen molar-refractivity contribution in [3.05, 3.63) is 12.7 Å². The molecule has 0 aliphatic carbocycles. The molecule has 0 aromatic rings. The number of hydrogen-bond acceptors (Lipinski definition) is 2. The van der Waals surface area contributed by atoms with Crippen LogP contribution in [0.2, 0.25) is 0 Å². The molecule has 4 heteroatoms. The van der Waals surface area contributed by atoms with Gasteiger partial charge < -0.3 is 10.2 Å². The lowest BCUT2D eigenvalue weighted by atomic mass is 10.2. The molecule has 0 heterocycles. The van der Waals surface area contributed by atoms with Crippen molar-refractivity contribution in [2.24, 2.45) is 0 Å². The van der Waals surface area contributed by atoms with Gasteiger partial charge in [-0.1, -0.05) is 25.8 Å². The summed E-state index contributed by atoms with van der Waals surface area (Å²) in [7, 11) is 0. The first-order chi connectivity index (χ1) is 7.61. The van der Waals surface area contributed by atoms with Gasteiger partial charge >= 0.3 is 0 Å². The predicted molar refractivity (Wildman–Crippen MR) is 65.0 cm³/mol. The first kappa shape index (κ1) is 14.7. The second-order valence-electron chi connectivity index (χ2n) is 3.75. The molecule has 92 valence electrons. The first-order valence-corrected chi connectivity index (χ1v) is 5.75. The second kappa shape index (κ2) is 8.95. The summed E-state index contributed by atoms with van der Waals surface area (Å²) in [5.41, 5.74) is 0. The Hall–Kier alpha value is -1.32. The molecule has 0 saturated carbocycles. The number of nitrogens with one attached hydrogen (secondary N) is 1. The Morgan fingerprint density at radius 3 is 2.56 bits per heavy atom. The lowest BCUT2D eigenvalue weighted by Gasteiger charge is -2.18. The summed E-state index contributed by atoms with van der Waals surface area (Å²) >= 11 is 0. The highest BCUT2D eigenvalue weighted by atomic mass is 16.2. The zero-order chi connectivity index (χ0) is 12.4.